The number of aryl methyl sites for hydroxylation is 1. The van der Waals surface area contributed by atoms with Crippen LogP contribution in [0.1, 0.15) is 57.7 Å². The molecule has 3 N–H and O–H groups in total. The van der Waals surface area contributed by atoms with Gasteiger partial charge < -0.3 is 11.1 Å². The average Bonchev–Trinajstić information content (AvgIpc) is 2.83. The highest BCUT2D eigenvalue weighted by molar-refractivity contribution is 7.09. The summed E-state index contributed by atoms with van der Waals surface area (Å²) in [6.07, 6.45) is 4.60. The Kier molecular flexibility index (Phi) is 7.59. The molecule has 1 unspecified atom stereocenters. The minimum absolute atomic E-state index is 0.374. The second-order valence-corrected chi connectivity index (χ2v) is 6.60. The zero-order valence-corrected chi connectivity index (χ0v) is 14.0. The Hall–Kier alpha value is -1.10. The summed E-state index contributed by atoms with van der Waals surface area (Å²) in [5.41, 5.74) is 6.91. The zero-order valence-electron chi connectivity index (χ0n) is 13.1. The van der Waals surface area contributed by atoms with E-state index in [1.54, 1.807) is 11.3 Å². The molecule has 0 radical (unpaired) electrons. The number of nitrogens with zero attached hydrogens (tertiary/aromatic N) is 2. The molecule has 0 fully saturated rings. The minimum atomic E-state index is 0.374. The lowest BCUT2D eigenvalue weighted by atomic mass is 10.0. The van der Waals surface area contributed by atoms with Crippen LogP contribution >= 0.6 is 11.3 Å². The van der Waals surface area contributed by atoms with Crippen molar-refractivity contribution in [2.24, 2.45) is 16.6 Å². The molecule has 0 aromatic carbocycles. The first-order valence-corrected chi connectivity index (χ1v) is 8.39. The molecule has 20 heavy (non-hydrogen) atoms. The van der Waals surface area contributed by atoms with E-state index in [1.807, 2.05) is 0 Å². The van der Waals surface area contributed by atoms with Gasteiger partial charge in [0.25, 0.3) is 0 Å². The molecule has 4 nitrogen and oxygen atoms in total. The molecule has 114 valence electrons. The lowest BCUT2D eigenvalue weighted by molar-refractivity contribution is 0.493. The molecule has 0 aliphatic heterocycles. The standard InChI is InChI=1S/C15H28N4S/c1-5-14-19-13(10-20-14)9-17-15(16)18-12(4)8-6-7-11(2)3/h10-12H,5-9H2,1-4H3,(H3,16,17,18). The fourth-order valence-electron chi connectivity index (χ4n) is 1.95. The first-order chi connectivity index (χ1) is 9.51. The molecule has 0 amide bonds. The van der Waals surface area contributed by atoms with Gasteiger partial charge in [-0.2, -0.15) is 0 Å². The number of hydrogen-bond acceptors (Lipinski definition) is 3. The highest BCUT2D eigenvalue weighted by Crippen LogP contribution is 2.11. The van der Waals surface area contributed by atoms with Crippen LogP contribution in [0.4, 0.5) is 0 Å². The second-order valence-electron chi connectivity index (χ2n) is 5.66. The summed E-state index contributed by atoms with van der Waals surface area (Å²) in [6, 6.07) is 0.374. The third kappa shape index (κ3) is 6.89. The summed E-state index contributed by atoms with van der Waals surface area (Å²) in [5.74, 6) is 1.29. The van der Waals surface area contributed by atoms with E-state index in [4.69, 9.17) is 5.73 Å². The Morgan fingerprint density at radius 2 is 2.15 bits per heavy atom. The number of aliphatic imine (C=N–C) groups is 1. The highest BCUT2D eigenvalue weighted by atomic mass is 32.1. The van der Waals surface area contributed by atoms with Crippen molar-refractivity contribution in [3.63, 3.8) is 0 Å². The number of nitrogens with one attached hydrogen (secondary N) is 1. The Morgan fingerprint density at radius 3 is 2.75 bits per heavy atom. The van der Waals surface area contributed by atoms with Gasteiger partial charge in [-0.3, -0.25) is 0 Å². The molecule has 0 aliphatic carbocycles. The molecular formula is C15H28N4S. The Morgan fingerprint density at radius 1 is 1.40 bits per heavy atom. The molecule has 5 heteroatoms. The normalized spacial score (nSPS) is 13.8. The Bertz CT molecular complexity index is 412. The molecule has 0 saturated carbocycles. The van der Waals surface area contributed by atoms with E-state index in [-0.39, 0.29) is 0 Å². The summed E-state index contributed by atoms with van der Waals surface area (Å²) < 4.78 is 0. The van der Waals surface area contributed by atoms with Gasteiger partial charge in [-0.15, -0.1) is 11.3 Å². The maximum atomic E-state index is 5.91. The lowest BCUT2D eigenvalue weighted by Crippen LogP contribution is -2.38. The van der Waals surface area contributed by atoms with Crippen LogP contribution in [-0.4, -0.2) is 17.0 Å². The SMILES string of the molecule is CCc1nc(CN=C(N)NC(C)CCCC(C)C)cs1. The van der Waals surface area contributed by atoms with Crippen molar-refractivity contribution in [2.75, 3.05) is 0 Å². The molecule has 0 bridgehead atoms. The molecule has 1 heterocycles. The predicted octanol–water partition coefficient (Wildman–Crippen LogP) is 3.32. The Labute approximate surface area is 126 Å². The summed E-state index contributed by atoms with van der Waals surface area (Å²) in [5, 5.41) is 6.46. The first kappa shape index (κ1) is 17.0. The van der Waals surface area contributed by atoms with Gasteiger partial charge in [0.15, 0.2) is 5.96 Å². The van der Waals surface area contributed by atoms with Crippen molar-refractivity contribution in [3.8, 4) is 0 Å². The van der Waals surface area contributed by atoms with Crippen molar-refractivity contribution in [1.29, 1.82) is 0 Å². The molecule has 1 rings (SSSR count). The van der Waals surface area contributed by atoms with E-state index in [2.05, 4.69) is 48.4 Å². The number of aromatic nitrogens is 1. The van der Waals surface area contributed by atoms with Crippen molar-refractivity contribution in [1.82, 2.24) is 10.3 Å². The largest absolute Gasteiger partial charge is 0.370 e. The van der Waals surface area contributed by atoms with Gasteiger partial charge in [0.05, 0.1) is 17.2 Å². The summed E-state index contributed by atoms with van der Waals surface area (Å²) >= 11 is 1.69. The molecule has 0 spiro atoms. The van der Waals surface area contributed by atoms with Crippen molar-refractivity contribution >= 4 is 17.3 Å². The molecule has 0 aliphatic rings. The maximum absolute atomic E-state index is 5.91. The predicted molar refractivity (Wildman–Crippen MR) is 88.1 cm³/mol. The van der Waals surface area contributed by atoms with E-state index >= 15 is 0 Å². The van der Waals surface area contributed by atoms with Crippen LogP contribution in [0, 0.1) is 5.92 Å². The van der Waals surface area contributed by atoms with Crippen LogP contribution in [0.15, 0.2) is 10.4 Å². The summed E-state index contributed by atoms with van der Waals surface area (Å²) in [4.78, 5) is 8.83. The average molecular weight is 296 g/mol. The van der Waals surface area contributed by atoms with Gasteiger partial charge in [0.2, 0.25) is 0 Å². The van der Waals surface area contributed by atoms with Crippen molar-refractivity contribution in [2.45, 2.75) is 66.0 Å². The van der Waals surface area contributed by atoms with Crippen molar-refractivity contribution < 1.29 is 0 Å². The van der Waals surface area contributed by atoms with Gasteiger partial charge in [-0.1, -0.05) is 33.6 Å². The zero-order chi connectivity index (χ0) is 15.0. The number of thiazole rings is 1. The van der Waals surface area contributed by atoms with E-state index in [0.29, 0.717) is 18.5 Å². The number of hydrogen-bond donors (Lipinski definition) is 2. The monoisotopic (exact) mass is 296 g/mol. The Balaban J connectivity index is 2.29. The van der Waals surface area contributed by atoms with Gasteiger partial charge in [0, 0.05) is 11.4 Å². The molecule has 1 aromatic heterocycles. The lowest BCUT2D eigenvalue weighted by Gasteiger charge is -2.14. The first-order valence-electron chi connectivity index (χ1n) is 7.51. The summed E-state index contributed by atoms with van der Waals surface area (Å²) in [6.45, 7) is 9.34. The fourth-order valence-corrected chi connectivity index (χ4v) is 2.69. The molecule has 1 aromatic rings. The van der Waals surface area contributed by atoms with Crippen LogP contribution in [-0.2, 0) is 13.0 Å². The number of guanidine groups is 1. The second kappa shape index (κ2) is 8.95. The molecule has 0 saturated heterocycles. The number of nitrogens with two attached hydrogens (primary N) is 1. The van der Waals surface area contributed by atoms with E-state index < -0.39 is 0 Å². The van der Waals surface area contributed by atoms with Gasteiger partial charge in [-0.25, -0.2) is 9.98 Å². The van der Waals surface area contributed by atoms with Gasteiger partial charge >= 0.3 is 0 Å². The van der Waals surface area contributed by atoms with E-state index in [0.717, 1.165) is 29.5 Å². The number of rotatable bonds is 8. The molecular weight excluding hydrogens is 268 g/mol. The van der Waals surface area contributed by atoms with Crippen LogP contribution in [0.5, 0.6) is 0 Å². The van der Waals surface area contributed by atoms with E-state index in [1.165, 1.54) is 12.8 Å². The summed E-state index contributed by atoms with van der Waals surface area (Å²) in [7, 11) is 0. The fraction of sp³-hybridized carbons (Fsp3) is 0.733. The van der Waals surface area contributed by atoms with E-state index in [9.17, 15) is 0 Å². The van der Waals surface area contributed by atoms with Crippen LogP contribution in [0.3, 0.4) is 0 Å². The van der Waals surface area contributed by atoms with Gasteiger partial charge in [0.1, 0.15) is 0 Å². The van der Waals surface area contributed by atoms with Crippen LogP contribution in [0.2, 0.25) is 0 Å². The highest BCUT2D eigenvalue weighted by Gasteiger charge is 2.04. The topological polar surface area (TPSA) is 63.3 Å². The maximum Gasteiger partial charge on any atom is 0.189 e. The van der Waals surface area contributed by atoms with Gasteiger partial charge in [-0.05, 0) is 25.7 Å². The van der Waals surface area contributed by atoms with Crippen molar-refractivity contribution in [3.05, 3.63) is 16.1 Å². The third-order valence-electron chi connectivity index (χ3n) is 3.13. The molecule has 1 atom stereocenters. The smallest absolute Gasteiger partial charge is 0.189 e. The van der Waals surface area contributed by atoms with Crippen LogP contribution < -0.4 is 11.1 Å². The third-order valence-corrected chi connectivity index (χ3v) is 4.17. The minimum Gasteiger partial charge on any atom is -0.370 e. The van der Waals surface area contributed by atoms with Crippen LogP contribution in [0.25, 0.3) is 0 Å². The quantitative estimate of drug-likeness (QED) is 0.571.